The van der Waals surface area contributed by atoms with Gasteiger partial charge in [0.15, 0.2) is 0 Å². The second-order valence-electron chi connectivity index (χ2n) is 5.20. The summed E-state index contributed by atoms with van der Waals surface area (Å²) in [6, 6.07) is 3.14. The van der Waals surface area contributed by atoms with E-state index in [1.807, 2.05) is 19.9 Å². The normalized spacial score (nSPS) is 16.5. The minimum absolute atomic E-state index is 0.498. The number of aromatic nitrogens is 2. The largest absolute Gasteiger partial charge is 0.478 e. The maximum atomic E-state index is 5.43. The molecule has 0 amide bonds. The third-order valence-corrected chi connectivity index (χ3v) is 3.50. The first-order valence-corrected chi connectivity index (χ1v) is 7.04. The fourth-order valence-corrected chi connectivity index (χ4v) is 2.09. The minimum Gasteiger partial charge on any atom is -0.478 e. The van der Waals surface area contributed by atoms with Crippen molar-refractivity contribution in [2.45, 2.75) is 45.7 Å². The molecule has 0 aliphatic heterocycles. The molecule has 1 unspecified atom stereocenters. The first-order chi connectivity index (χ1) is 9.10. The molecule has 1 aromatic rings. The van der Waals surface area contributed by atoms with Crippen LogP contribution < -0.4 is 10.1 Å². The van der Waals surface area contributed by atoms with Crippen LogP contribution in [0.5, 0.6) is 5.88 Å². The fourth-order valence-electron chi connectivity index (χ4n) is 2.09. The summed E-state index contributed by atoms with van der Waals surface area (Å²) >= 11 is 0. The van der Waals surface area contributed by atoms with Crippen LogP contribution in [0.1, 0.15) is 32.5 Å². The highest BCUT2D eigenvalue weighted by atomic mass is 16.5. The smallest absolute Gasteiger partial charge is 0.218 e. The van der Waals surface area contributed by atoms with Gasteiger partial charge in [0.05, 0.1) is 6.61 Å². The highest BCUT2D eigenvalue weighted by Crippen LogP contribution is 2.27. The van der Waals surface area contributed by atoms with E-state index in [9.17, 15) is 0 Å². The zero-order valence-electron chi connectivity index (χ0n) is 12.3. The number of likely N-dealkylation sites (N-methyl/N-ethyl adjacent to an activating group) is 1. The number of hydrogen-bond acceptors (Lipinski definition) is 5. The molecule has 0 aromatic carbocycles. The Morgan fingerprint density at radius 3 is 2.84 bits per heavy atom. The number of hydrogen-bond donors (Lipinski definition) is 1. The van der Waals surface area contributed by atoms with Crippen LogP contribution in [0.15, 0.2) is 6.07 Å². The minimum atomic E-state index is 0.498. The van der Waals surface area contributed by atoms with Gasteiger partial charge in [-0.25, -0.2) is 4.98 Å². The molecule has 106 valence electrons. The van der Waals surface area contributed by atoms with E-state index < -0.39 is 0 Å². The molecular weight excluding hydrogens is 240 g/mol. The van der Waals surface area contributed by atoms with Crippen LogP contribution in [0, 0.1) is 6.92 Å². The maximum Gasteiger partial charge on any atom is 0.218 e. The van der Waals surface area contributed by atoms with Crippen LogP contribution in [-0.2, 0) is 0 Å². The van der Waals surface area contributed by atoms with E-state index in [-0.39, 0.29) is 0 Å². The van der Waals surface area contributed by atoms with E-state index in [0.717, 1.165) is 24.2 Å². The lowest BCUT2D eigenvalue weighted by Crippen LogP contribution is -2.36. The van der Waals surface area contributed by atoms with Crippen molar-refractivity contribution in [3.8, 4) is 5.88 Å². The molecule has 1 aliphatic carbocycles. The summed E-state index contributed by atoms with van der Waals surface area (Å²) < 4.78 is 5.43. The first-order valence-electron chi connectivity index (χ1n) is 7.04. The van der Waals surface area contributed by atoms with Gasteiger partial charge in [0.2, 0.25) is 5.88 Å². The number of aryl methyl sites for hydroxylation is 1. The third kappa shape index (κ3) is 4.06. The van der Waals surface area contributed by atoms with Crippen molar-refractivity contribution in [2.24, 2.45) is 0 Å². The van der Waals surface area contributed by atoms with Gasteiger partial charge in [-0.15, -0.1) is 0 Å². The molecule has 19 heavy (non-hydrogen) atoms. The van der Waals surface area contributed by atoms with Crippen molar-refractivity contribution in [3.05, 3.63) is 11.9 Å². The van der Waals surface area contributed by atoms with Crippen LogP contribution in [0.3, 0.4) is 0 Å². The van der Waals surface area contributed by atoms with E-state index in [0.29, 0.717) is 18.5 Å². The first kappa shape index (κ1) is 14.1. The van der Waals surface area contributed by atoms with E-state index >= 15 is 0 Å². The van der Waals surface area contributed by atoms with Crippen molar-refractivity contribution in [3.63, 3.8) is 0 Å². The molecule has 0 saturated heterocycles. The van der Waals surface area contributed by atoms with Crippen molar-refractivity contribution in [2.75, 3.05) is 25.5 Å². The number of nitrogens with zero attached hydrogens (tertiary/aromatic N) is 3. The van der Waals surface area contributed by atoms with E-state index in [1.54, 1.807) is 0 Å². The van der Waals surface area contributed by atoms with E-state index in [2.05, 4.69) is 34.2 Å². The van der Waals surface area contributed by atoms with Crippen molar-refractivity contribution < 1.29 is 4.74 Å². The van der Waals surface area contributed by atoms with Crippen LogP contribution in [-0.4, -0.2) is 47.2 Å². The Kier molecular flexibility index (Phi) is 4.58. The quantitative estimate of drug-likeness (QED) is 0.817. The Morgan fingerprint density at radius 1 is 1.47 bits per heavy atom. The number of nitrogens with one attached hydrogen (secondary N) is 1. The van der Waals surface area contributed by atoms with Gasteiger partial charge in [0, 0.05) is 24.7 Å². The van der Waals surface area contributed by atoms with Crippen molar-refractivity contribution >= 4 is 5.82 Å². The standard InChI is InChI=1S/C14H24N4O/c1-5-19-14-8-13(16-11(3)17-14)15-9-10(2)18(4)12-6-7-12/h8,10,12H,5-7,9H2,1-4H3,(H,15,16,17). The summed E-state index contributed by atoms with van der Waals surface area (Å²) in [5.41, 5.74) is 0. The summed E-state index contributed by atoms with van der Waals surface area (Å²) in [5, 5.41) is 3.37. The van der Waals surface area contributed by atoms with Crippen LogP contribution in [0.25, 0.3) is 0 Å². The maximum absolute atomic E-state index is 5.43. The Labute approximate surface area is 115 Å². The number of ether oxygens (including phenoxy) is 1. The lowest BCUT2D eigenvalue weighted by atomic mass is 10.3. The molecule has 0 radical (unpaired) electrons. The summed E-state index contributed by atoms with van der Waals surface area (Å²) in [6.07, 6.45) is 2.67. The Balaban J connectivity index is 1.90. The molecular formula is C14H24N4O. The predicted octanol–water partition coefficient (Wildman–Crippen LogP) is 2.08. The Bertz CT molecular complexity index is 420. The van der Waals surface area contributed by atoms with Gasteiger partial charge in [-0.2, -0.15) is 4.98 Å². The van der Waals surface area contributed by atoms with Crippen LogP contribution in [0.4, 0.5) is 5.82 Å². The summed E-state index contributed by atoms with van der Waals surface area (Å²) in [7, 11) is 2.20. The Hall–Kier alpha value is -1.36. The topological polar surface area (TPSA) is 50.3 Å². The van der Waals surface area contributed by atoms with Crippen LogP contribution >= 0.6 is 0 Å². The average molecular weight is 264 g/mol. The lowest BCUT2D eigenvalue weighted by molar-refractivity contribution is 0.257. The number of anilines is 1. The van der Waals surface area contributed by atoms with Crippen molar-refractivity contribution in [1.29, 1.82) is 0 Å². The highest BCUT2D eigenvalue weighted by molar-refractivity contribution is 5.38. The molecule has 2 rings (SSSR count). The lowest BCUT2D eigenvalue weighted by Gasteiger charge is -2.24. The van der Waals surface area contributed by atoms with Gasteiger partial charge in [0.1, 0.15) is 11.6 Å². The average Bonchev–Trinajstić information content (AvgIpc) is 3.19. The zero-order valence-corrected chi connectivity index (χ0v) is 12.3. The van der Waals surface area contributed by atoms with Crippen molar-refractivity contribution in [1.82, 2.24) is 14.9 Å². The molecule has 1 aromatic heterocycles. The van der Waals surface area contributed by atoms with Crippen LogP contribution in [0.2, 0.25) is 0 Å². The van der Waals surface area contributed by atoms with E-state index in [4.69, 9.17) is 4.74 Å². The fraction of sp³-hybridized carbons (Fsp3) is 0.714. The summed E-state index contributed by atoms with van der Waals surface area (Å²) in [4.78, 5) is 11.1. The molecule has 1 N–H and O–H groups in total. The molecule has 1 heterocycles. The second kappa shape index (κ2) is 6.19. The molecule has 1 saturated carbocycles. The molecule has 0 spiro atoms. The Morgan fingerprint density at radius 2 is 2.21 bits per heavy atom. The van der Waals surface area contributed by atoms with Gasteiger partial charge in [0.25, 0.3) is 0 Å². The molecule has 1 aliphatic rings. The monoisotopic (exact) mass is 264 g/mol. The zero-order chi connectivity index (χ0) is 13.8. The predicted molar refractivity (Wildman–Crippen MR) is 76.7 cm³/mol. The molecule has 5 nitrogen and oxygen atoms in total. The molecule has 1 atom stereocenters. The molecule has 5 heteroatoms. The summed E-state index contributed by atoms with van der Waals surface area (Å²) in [6.45, 7) is 7.58. The van der Waals surface area contributed by atoms with Gasteiger partial charge < -0.3 is 10.1 Å². The van der Waals surface area contributed by atoms with Gasteiger partial charge in [-0.05, 0) is 40.7 Å². The number of rotatable bonds is 7. The molecule has 1 fully saturated rings. The summed E-state index contributed by atoms with van der Waals surface area (Å²) in [5.74, 6) is 2.21. The van der Waals surface area contributed by atoms with Gasteiger partial charge >= 0.3 is 0 Å². The van der Waals surface area contributed by atoms with E-state index in [1.165, 1.54) is 12.8 Å². The highest BCUT2D eigenvalue weighted by Gasteiger charge is 2.28. The second-order valence-corrected chi connectivity index (χ2v) is 5.20. The van der Waals surface area contributed by atoms with Gasteiger partial charge in [-0.1, -0.05) is 0 Å². The van der Waals surface area contributed by atoms with Gasteiger partial charge in [-0.3, -0.25) is 4.90 Å². The third-order valence-electron chi connectivity index (χ3n) is 3.50. The SMILES string of the molecule is CCOc1cc(NCC(C)N(C)C2CC2)nc(C)n1. The molecule has 0 bridgehead atoms.